The molecule has 0 fully saturated rings. The van der Waals surface area contributed by atoms with Crippen molar-refractivity contribution in [3.8, 4) is 0 Å². The Morgan fingerprint density at radius 1 is 0.650 bits per heavy atom. The standard InChI is InChI=1S/C16H8Cl2N2/c17-12-5-7-19-15-10(12)3-1-9-2-4-11-13(18)6-8-20-16(11)14(9)15/h1-8H. The van der Waals surface area contributed by atoms with Crippen molar-refractivity contribution in [1.29, 1.82) is 0 Å². The number of halogens is 2. The van der Waals surface area contributed by atoms with Gasteiger partial charge in [0.15, 0.2) is 0 Å². The van der Waals surface area contributed by atoms with Crippen LogP contribution in [0.4, 0.5) is 0 Å². The Labute approximate surface area is 125 Å². The fourth-order valence-electron chi connectivity index (χ4n) is 2.57. The number of hydrogen-bond acceptors (Lipinski definition) is 2. The molecule has 2 nitrogen and oxygen atoms in total. The highest BCUT2D eigenvalue weighted by molar-refractivity contribution is 6.38. The number of pyridine rings is 2. The van der Waals surface area contributed by atoms with Crippen LogP contribution in [0.3, 0.4) is 0 Å². The molecule has 20 heavy (non-hydrogen) atoms. The average Bonchev–Trinajstić information content (AvgIpc) is 2.47. The van der Waals surface area contributed by atoms with E-state index in [1.807, 2.05) is 24.3 Å². The lowest BCUT2D eigenvalue weighted by atomic mass is 10.0. The third-order valence-corrected chi connectivity index (χ3v) is 4.15. The second-order valence-electron chi connectivity index (χ2n) is 4.61. The summed E-state index contributed by atoms with van der Waals surface area (Å²) in [5.41, 5.74) is 1.71. The molecule has 0 saturated carbocycles. The molecule has 4 aromatic rings. The van der Waals surface area contributed by atoms with Crippen molar-refractivity contribution < 1.29 is 0 Å². The zero-order valence-corrected chi connectivity index (χ0v) is 11.8. The Morgan fingerprint density at radius 3 is 1.65 bits per heavy atom. The molecular weight excluding hydrogens is 291 g/mol. The first-order valence-corrected chi connectivity index (χ1v) is 6.91. The van der Waals surface area contributed by atoms with Gasteiger partial charge in [-0.05, 0) is 17.5 Å². The van der Waals surface area contributed by atoms with Crippen LogP contribution in [0.1, 0.15) is 0 Å². The molecule has 0 aliphatic heterocycles. The maximum absolute atomic E-state index is 6.25. The van der Waals surface area contributed by atoms with Gasteiger partial charge in [0.2, 0.25) is 0 Å². The number of benzene rings is 2. The summed E-state index contributed by atoms with van der Waals surface area (Å²) in [5, 5.41) is 5.30. The number of fused-ring (bicyclic) bond motifs is 5. The Kier molecular flexibility index (Phi) is 2.56. The van der Waals surface area contributed by atoms with Gasteiger partial charge in [0.1, 0.15) is 0 Å². The van der Waals surface area contributed by atoms with Crippen molar-refractivity contribution in [3.05, 3.63) is 58.8 Å². The van der Waals surface area contributed by atoms with Gasteiger partial charge in [-0.2, -0.15) is 0 Å². The topological polar surface area (TPSA) is 25.8 Å². The SMILES string of the molecule is Clc1ccnc2c1ccc1ccc3c(Cl)ccnc3c12. The van der Waals surface area contributed by atoms with Gasteiger partial charge >= 0.3 is 0 Å². The molecule has 2 aromatic heterocycles. The van der Waals surface area contributed by atoms with E-state index in [1.54, 1.807) is 24.5 Å². The van der Waals surface area contributed by atoms with E-state index in [0.717, 1.165) is 32.6 Å². The van der Waals surface area contributed by atoms with Crippen molar-refractivity contribution in [3.63, 3.8) is 0 Å². The van der Waals surface area contributed by atoms with Crippen molar-refractivity contribution in [2.45, 2.75) is 0 Å². The molecule has 4 heteroatoms. The zero-order valence-electron chi connectivity index (χ0n) is 10.3. The lowest BCUT2D eigenvalue weighted by Gasteiger charge is -2.08. The number of hydrogen-bond donors (Lipinski definition) is 0. The molecule has 4 rings (SSSR count). The zero-order chi connectivity index (χ0) is 13.7. The number of aromatic nitrogens is 2. The van der Waals surface area contributed by atoms with Crippen LogP contribution in [0.15, 0.2) is 48.8 Å². The highest BCUT2D eigenvalue weighted by atomic mass is 35.5. The van der Waals surface area contributed by atoms with E-state index in [0.29, 0.717) is 10.0 Å². The van der Waals surface area contributed by atoms with Gasteiger partial charge in [0.25, 0.3) is 0 Å². The van der Waals surface area contributed by atoms with Crippen molar-refractivity contribution in [2.75, 3.05) is 0 Å². The Balaban J connectivity index is 2.36. The maximum atomic E-state index is 6.25. The molecule has 0 atom stereocenters. The average molecular weight is 299 g/mol. The van der Waals surface area contributed by atoms with Crippen LogP contribution in [0.2, 0.25) is 10.0 Å². The summed E-state index contributed by atoms with van der Waals surface area (Å²) in [5.74, 6) is 0. The third kappa shape index (κ3) is 1.59. The molecule has 0 aliphatic carbocycles. The molecule has 0 aliphatic rings. The summed E-state index contributed by atoms with van der Waals surface area (Å²) in [4.78, 5) is 8.96. The Hall–Kier alpha value is -1.90. The Morgan fingerprint density at radius 2 is 1.15 bits per heavy atom. The van der Waals surface area contributed by atoms with Crippen LogP contribution in [0.25, 0.3) is 32.6 Å². The minimum atomic E-state index is 0.691. The molecular formula is C16H8Cl2N2. The second kappa shape index (κ2) is 4.30. The fraction of sp³-hybridized carbons (Fsp3) is 0. The first-order valence-electron chi connectivity index (χ1n) is 6.16. The largest absolute Gasteiger partial charge is 0.255 e. The van der Waals surface area contributed by atoms with Gasteiger partial charge in [-0.15, -0.1) is 0 Å². The van der Waals surface area contributed by atoms with Gasteiger partial charge in [-0.25, -0.2) is 0 Å². The van der Waals surface area contributed by atoms with E-state index in [9.17, 15) is 0 Å². The normalized spacial score (nSPS) is 11.5. The first-order chi connectivity index (χ1) is 9.75. The predicted octanol–water partition coefficient (Wildman–Crippen LogP) is 5.24. The van der Waals surface area contributed by atoms with E-state index in [-0.39, 0.29) is 0 Å². The smallest absolute Gasteiger partial charge is 0.0817 e. The molecule has 0 N–H and O–H groups in total. The van der Waals surface area contributed by atoms with Crippen LogP contribution < -0.4 is 0 Å². The number of rotatable bonds is 0. The molecule has 0 saturated heterocycles. The van der Waals surface area contributed by atoms with E-state index in [1.165, 1.54) is 0 Å². The molecule has 0 unspecified atom stereocenters. The van der Waals surface area contributed by atoms with Crippen molar-refractivity contribution >= 4 is 55.8 Å². The van der Waals surface area contributed by atoms with E-state index < -0.39 is 0 Å². The predicted molar refractivity (Wildman–Crippen MR) is 84.6 cm³/mol. The summed E-state index contributed by atoms with van der Waals surface area (Å²) in [7, 11) is 0. The monoisotopic (exact) mass is 298 g/mol. The van der Waals surface area contributed by atoms with E-state index in [4.69, 9.17) is 23.2 Å². The molecule has 2 heterocycles. The van der Waals surface area contributed by atoms with Crippen LogP contribution in [0, 0.1) is 0 Å². The van der Waals surface area contributed by atoms with E-state index >= 15 is 0 Å². The van der Waals surface area contributed by atoms with Gasteiger partial charge in [0.05, 0.1) is 21.1 Å². The summed E-state index contributed by atoms with van der Waals surface area (Å²) in [6.45, 7) is 0. The van der Waals surface area contributed by atoms with E-state index in [2.05, 4.69) is 9.97 Å². The minimum Gasteiger partial charge on any atom is -0.255 e. The summed E-state index contributed by atoms with van der Waals surface area (Å²) in [6, 6.07) is 11.6. The molecule has 0 spiro atoms. The summed E-state index contributed by atoms with van der Waals surface area (Å²) in [6.07, 6.45) is 3.43. The van der Waals surface area contributed by atoms with Crippen molar-refractivity contribution in [2.24, 2.45) is 0 Å². The molecule has 2 aromatic carbocycles. The first kappa shape index (κ1) is 11.9. The molecule has 0 bridgehead atoms. The highest BCUT2D eigenvalue weighted by Crippen LogP contribution is 2.34. The minimum absolute atomic E-state index is 0.691. The van der Waals surface area contributed by atoms with Gasteiger partial charge in [-0.1, -0.05) is 47.5 Å². The van der Waals surface area contributed by atoms with Crippen LogP contribution in [-0.2, 0) is 0 Å². The second-order valence-corrected chi connectivity index (χ2v) is 5.42. The number of nitrogens with zero attached hydrogens (tertiary/aromatic N) is 2. The molecule has 96 valence electrons. The van der Waals surface area contributed by atoms with Crippen LogP contribution in [-0.4, -0.2) is 9.97 Å². The lowest BCUT2D eigenvalue weighted by Crippen LogP contribution is -1.87. The van der Waals surface area contributed by atoms with Gasteiger partial charge in [0, 0.05) is 28.6 Å². The summed E-state index contributed by atoms with van der Waals surface area (Å²) >= 11 is 12.5. The van der Waals surface area contributed by atoms with Gasteiger partial charge in [-0.3, -0.25) is 9.97 Å². The lowest BCUT2D eigenvalue weighted by molar-refractivity contribution is 1.41. The van der Waals surface area contributed by atoms with Crippen LogP contribution in [0.5, 0.6) is 0 Å². The highest BCUT2D eigenvalue weighted by Gasteiger charge is 2.10. The quantitative estimate of drug-likeness (QED) is 0.415. The fourth-order valence-corrected chi connectivity index (χ4v) is 2.99. The molecule has 0 amide bonds. The Bertz CT molecular complexity index is 903. The van der Waals surface area contributed by atoms with Crippen molar-refractivity contribution in [1.82, 2.24) is 9.97 Å². The third-order valence-electron chi connectivity index (χ3n) is 3.50. The van der Waals surface area contributed by atoms with Crippen LogP contribution >= 0.6 is 23.2 Å². The van der Waals surface area contributed by atoms with Gasteiger partial charge < -0.3 is 0 Å². The molecule has 0 radical (unpaired) electrons. The summed E-state index contributed by atoms with van der Waals surface area (Å²) < 4.78 is 0. The maximum Gasteiger partial charge on any atom is 0.0817 e.